The molecule has 0 aliphatic carbocycles. The Morgan fingerprint density at radius 3 is 2.68 bits per heavy atom. The lowest BCUT2D eigenvalue weighted by Gasteiger charge is -2.31. The molecule has 0 saturated carbocycles. The molecule has 28 heavy (non-hydrogen) atoms. The Hall–Kier alpha value is -2.74. The summed E-state index contributed by atoms with van der Waals surface area (Å²) < 4.78 is 1.74. The number of aromatic nitrogens is 2. The Bertz CT molecular complexity index is 943. The van der Waals surface area contributed by atoms with Gasteiger partial charge in [-0.05, 0) is 62.9 Å². The second-order valence-corrected chi connectivity index (χ2v) is 7.72. The standard InChI is InChI=1S/C20H24N4O4/c1-12-15-10-14(13-6-8-23(9-7-13)11-19(26)27)2-3-16(15)24(22-12)17-4-5-18(25)21-20(17)28/h2-3,10,13,17H,4-9,11H2,1H3,(H,26,27)(H,21,25,28). The number of likely N-dealkylation sites (tertiary alicyclic amines) is 1. The van der Waals surface area contributed by atoms with Crippen LogP contribution in [0.25, 0.3) is 10.9 Å². The lowest BCUT2D eigenvalue weighted by atomic mass is 9.88. The molecular formula is C20H24N4O4. The van der Waals surface area contributed by atoms with E-state index in [2.05, 4.69) is 22.5 Å². The number of carboxylic acid groups (broad SMARTS) is 1. The van der Waals surface area contributed by atoms with Crippen LogP contribution >= 0.6 is 0 Å². The number of carboxylic acids is 1. The van der Waals surface area contributed by atoms with Gasteiger partial charge < -0.3 is 5.11 Å². The lowest BCUT2D eigenvalue weighted by Crippen LogP contribution is -2.42. The number of carbonyl (C=O) groups is 3. The molecule has 2 aliphatic heterocycles. The van der Waals surface area contributed by atoms with Crippen molar-refractivity contribution in [2.24, 2.45) is 0 Å². The Morgan fingerprint density at radius 1 is 1.25 bits per heavy atom. The monoisotopic (exact) mass is 384 g/mol. The maximum absolute atomic E-state index is 12.2. The van der Waals surface area contributed by atoms with Crippen LogP contribution in [-0.2, 0) is 14.4 Å². The van der Waals surface area contributed by atoms with Crippen molar-refractivity contribution in [1.82, 2.24) is 20.0 Å². The minimum atomic E-state index is -0.781. The third kappa shape index (κ3) is 3.52. The van der Waals surface area contributed by atoms with Gasteiger partial charge in [0.05, 0.1) is 17.8 Å². The van der Waals surface area contributed by atoms with E-state index < -0.39 is 12.0 Å². The zero-order valence-electron chi connectivity index (χ0n) is 15.9. The fourth-order valence-electron chi connectivity index (χ4n) is 4.34. The second kappa shape index (κ2) is 7.35. The van der Waals surface area contributed by atoms with Crippen molar-refractivity contribution in [2.45, 2.75) is 44.6 Å². The van der Waals surface area contributed by atoms with Gasteiger partial charge in [-0.1, -0.05) is 6.07 Å². The predicted octanol–water partition coefficient (Wildman–Crippen LogP) is 1.59. The molecule has 1 unspecified atom stereocenters. The highest BCUT2D eigenvalue weighted by Crippen LogP contribution is 2.32. The molecule has 2 fully saturated rings. The number of amides is 2. The number of carbonyl (C=O) groups excluding carboxylic acids is 2. The Balaban J connectivity index is 1.56. The third-order valence-corrected chi connectivity index (χ3v) is 5.84. The van der Waals surface area contributed by atoms with Gasteiger partial charge in [-0.2, -0.15) is 5.10 Å². The average Bonchev–Trinajstić information content (AvgIpc) is 2.98. The zero-order chi connectivity index (χ0) is 19.8. The second-order valence-electron chi connectivity index (χ2n) is 7.72. The molecule has 0 bridgehead atoms. The molecule has 3 heterocycles. The van der Waals surface area contributed by atoms with Crippen LogP contribution in [0.2, 0.25) is 0 Å². The van der Waals surface area contributed by atoms with Gasteiger partial charge in [0.25, 0.3) is 5.91 Å². The van der Waals surface area contributed by atoms with Crippen LogP contribution in [-0.4, -0.2) is 57.2 Å². The number of benzene rings is 1. The SMILES string of the molecule is Cc1nn(C2CCC(=O)NC2=O)c2ccc(C3CCN(CC(=O)O)CC3)cc12. The summed E-state index contributed by atoms with van der Waals surface area (Å²) >= 11 is 0. The van der Waals surface area contributed by atoms with Crippen molar-refractivity contribution in [3.8, 4) is 0 Å². The molecule has 0 radical (unpaired) electrons. The van der Waals surface area contributed by atoms with Crippen molar-refractivity contribution < 1.29 is 19.5 Å². The smallest absolute Gasteiger partial charge is 0.317 e. The topological polar surface area (TPSA) is 105 Å². The van der Waals surface area contributed by atoms with Crippen LogP contribution in [0.3, 0.4) is 0 Å². The molecule has 8 heteroatoms. The number of imide groups is 1. The molecule has 148 valence electrons. The average molecular weight is 384 g/mol. The highest BCUT2D eigenvalue weighted by molar-refractivity contribution is 6.00. The number of hydrogen-bond donors (Lipinski definition) is 2. The summed E-state index contributed by atoms with van der Waals surface area (Å²) in [4.78, 5) is 36.5. The molecule has 2 aliphatic rings. The van der Waals surface area contributed by atoms with Gasteiger partial charge in [-0.3, -0.25) is 29.3 Å². The summed E-state index contributed by atoms with van der Waals surface area (Å²) in [6.45, 7) is 3.60. The first-order chi connectivity index (χ1) is 13.4. The molecule has 1 aromatic heterocycles. The highest BCUT2D eigenvalue weighted by atomic mass is 16.4. The van der Waals surface area contributed by atoms with E-state index in [0.717, 1.165) is 42.5 Å². The molecule has 0 spiro atoms. The first-order valence-corrected chi connectivity index (χ1v) is 9.69. The zero-order valence-corrected chi connectivity index (χ0v) is 15.9. The fraction of sp³-hybridized carbons (Fsp3) is 0.500. The quantitative estimate of drug-likeness (QED) is 0.776. The van der Waals surface area contributed by atoms with Gasteiger partial charge in [0.1, 0.15) is 6.04 Å². The Labute approximate surface area is 162 Å². The van der Waals surface area contributed by atoms with Crippen LogP contribution in [0, 0.1) is 6.92 Å². The van der Waals surface area contributed by atoms with Crippen LogP contribution in [0.4, 0.5) is 0 Å². The van der Waals surface area contributed by atoms with Crippen LogP contribution < -0.4 is 5.32 Å². The predicted molar refractivity (Wildman–Crippen MR) is 102 cm³/mol. The van der Waals surface area contributed by atoms with Crippen LogP contribution in [0.5, 0.6) is 0 Å². The first kappa shape index (κ1) is 18.6. The molecule has 1 aromatic carbocycles. The van der Waals surface area contributed by atoms with Gasteiger partial charge in [0.2, 0.25) is 5.91 Å². The minimum Gasteiger partial charge on any atom is -0.480 e. The number of aryl methyl sites for hydroxylation is 1. The van der Waals surface area contributed by atoms with E-state index in [1.54, 1.807) is 4.68 Å². The summed E-state index contributed by atoms with van der Waals surface area (Å²) in [5.41, 5.74) is 3.00. The summed E-state index contributed by atoms with van der Waals surface area (Å²) in [5, 5.41) is 17.0. The van der Waals surface area contributed by atoms with E-state index in [0.29, 0.717) is 18.8 Å². The van der Waals surface area contributed by atoms with Gasteiger partial charge in [-0.15, -0.1) is 0 Å². The van der Waals surface area contributed by atoms with Crippen molar-refractivity contribution >= 4 is 28.7 Å². The molecule has 1 atom stereocenters. The minimum absolute atomic E-state index is 0.101. The number of piperidine rings is 2. The van der Waals surface area contributed by atoms with Crippen molar-refractivity contribution in [1.29, 1.82) is 0 Å². The summed E-state index contributed by atoms with van der Waals surface area (Å²) in [6, 6.07) is 5.79. The van der Waals surface area contributed by atoms with Crippen LogP contribution in [0.1, 0.15) is 48.9 Å². The van der Waals surface area contributed by atoms with Crippen molar-refractivity contribution in [2.75, 3.05) is 19.6 Å². The van der Waals surface area contributed by atoms with E-state index in [9.17, 15) is 14.4 Å². The summed E-state index contributed by atoms with van der Waals surface area (Å²) in [7, 11) is 0. The first-order valence-electron chi connectivity index (χ1n) is 9.69. The summed E-state index contributed by atoms with van der Waals surface area (Å²) in [5.74, 6) is -0.911. The van der Waals surface area contributed by atoms with Gasteiger partial charge in [0.15, 0.2) is 0 Å². The van der Waals surface area contributed by atoms with Crippen LogP contribution in [0.15, 0.2) is 18.2 Å². The number of nitrogens with zero attached hydrogens (tertiary/aromatic N) is 3. The maximum Gasteiger partial charge on any atom is 0.317 e. The number of rotatable bonds is 4. The number of aliphatic carboxylic acids is 1. The Kier molecular flexibility index (Phi) is 4.89. The van der Waals surface area contributed by atoms with Gasteiger partial charge in [-0.25, -0.2) is 0 Å². The largest absolute Gasteiger partial charge is 0.480 e. The highest BCUT2D eigenvalue weighted by Gasteiger charge is 2.30. The molecule has 2 amide bonds. The normalized spacial score (nSPS) is 21.8. The fourth-order valence-corrected chi connectivity index (χ4v) is 4.34. The van der Waals surface area contributed by atoms with Crippen molar-refractivity contribution in [3.05, 3.63) is 29.5 Å². The molecule has 2 N–H and O–H groups in total. The molecule has 4 rings (SSSR count). The van der Waals surface area contributed by atoms with E-state index >= 15 is 0 Å². The number of nitrogens with one attached hydrogen (secondary N) is 1. The van der Waals surface area contributed by atoms with Crippen molar-refractivity contribution in [3.63, 3.8) is 0 Å². The maximum atomic E-state index is 12.2. The van der Waals surface area contributed by atoms with E-state index in [1.165, 1.54) is 5.56 Å². The Morgan fingerprint density at radius 2 is 2.00 bits per heavy atom. The van der Waals surface area contributed by atoms with Gasteiger partial charge in [0, 0.05) is 11.8 Å². The van der Waals surface area contributed by atoms with Gasteiger partial charge >= 0.3 is 5.97 Å². The summed E-state index contributed by atoms with van der Waals surface area (Å²) in [6.07, 6.45) is 2.65. The van der Waals surface area contributed by atoms with E-state index in [4.69, 9.17) is 5.11 Å². The molecule has 8 nitrogen and oxygen atoms in total. The van der Waals surface area contributed by atoms with E-state index in [1.807, 2.05) is 17.9 Å². The van der Waals surface area contributed by atoms with E-state index in [-0.39, 0.29) is 18.4 Å². The molecular weight excluding hydrogens is 360 g/mol. The lowest BCUT2D eigenvalue weighted by molar-refractivity contribution is -0.139. The third-order valence-electron chi connectivity index (χ3n) is 5.84. The number of hydrogen-bond acceptors (Lipinski definition) is 5. The molecule has 2 aromatic rings. The number of fused-ring (bicyclic) bond motifs is 1. The molecule has 2 saturated heterocycles.